The van der Waals surface area contributed by atoms with Crippen molar-refractivity contribution >= 4 is 46.9 Å². The van der Waals surface area contributed by atoms with Crippen molar-refractivity contribution in [3.05, 3.63) is 54.1 Å². The summed E-state index contributed by atoms with van der Waals surface area (Å²) in [5.74, 6) is -0.0957. The number of nitrogens with two attached hydrogens (primary N) is 1. The number of Topliss-reactive ketones (excluding diaryl/α,β-unsaturated/α-hetero) is 1. The van der Waals surface area contributed by atoms with Gasteiger partial charge in [0.25, 0.3) is 0 Å². The molecule has 1 saturated heterocycles. The lowest BCUT2D eigenvalue weighted by Gasteiger charge is -2.21. The van der Waals surface area contributed by atoms with Crippen molar-refractivity contribution in [3.63, 3.8) is 0 Å². The van der Waals surface area contributed by atoms with Gasteiger partial charge in [-0.3, -0.25) is 19.7 Å². The summed E-state index contributed by atoms with van der Waals surface area (Å²) in [6, 6.07) is 13.1. The molecular formula is C22H25N3O4S2. The Morgan fingerprint density at radius 3 is 2.58 bits per heavy atom. The molecule has 0 aromatic heterocycles. The SMILES string of the molecule is CSC(C[C@H](N)C(=O)O)C(=O)c1cccc(NC(=O)[C@@H]2CSCN2)c1-c1ccccc1. The average Bonchev–Trinajstić information content (AvgIpc) is 3.32. The Morgan fingerprint density at radius 2 is 1.97 bits per heavy atom. The molecule has 1 heterocycles. The van der Waals surface area contributed by atoms with Gasteiger partial charge < -0.3 is 16.2 Å². The maximum atomic E-state index is 13.4. The smallest absolute Gasteiger partial charge is 0.320 e. The summed E-state index contributed by atoms with van der Waals surface area (Å²) < 4.78 is 0. The predicted molar refractivity (Wildman–Crippen MR) is 127 cm³/mol. The van der Waals surface area contributed by atoms with E-state index in [2.05, 4.69) is 10.6 Å². The Hall–Kier alpha value is -2.33. The van der Waals surface area contributed by atoms with Gasteiger partial charge in [-0.15, -0.1) is 11.8 Å². The summed E-state index contributed by atoms with van der Waals surface area (Å²) in [5, 5.41) is 14.7. The van der Waals surface area contributed by atoms with Crippen LogP contribution in [0, 0.1) is 0 Å². The maximum absolute atomic E-state index is 13.4. The summed E-state index contributed by atoms with van der Waals surface area (Å²) >= 11 is 2.93. The number of thioether (sulfide) groups is 2. The minimum Gasteiger partial charge on any atom is -0.480 e. The number of aliphatic carboxylic acids is 1. The van der Waals surface area contributed by atoms with Gasteiger partial charge in [0.1, 0.15) is 6.04 Å². The van der Waals surface area contributed by atoms with Crippen LogP contribution in [0.2, 0.25) is 0 Å². The van der Waals surface area contributed by atoms with Crippen LogP contribution in [0.3, 0.4) is 0 Å². The number of carboxylic acids is 1. The van der Waals surface area contributed by atoms with Crippen molar-refractivity contribution in [2.75, 3.05) is 23.2 Å². The maximum Gasteiger partial charge on any atom is 0.320 e. The minimum absolute atomic E-state index is 0.0172. The van der Waals surface area contributed by atoms with Crippen LogP contribution in [-0.4, -0.2) is 58.0 Å². The van der Waals surface area contributed by atoms with Crippen LogP contribution in [0.25, 0.3) is 11.1 Å². The molecule has 0 bridgehead atoms. The molecule has 2 aromatic carbocycles. The molecule has 9 heteroatoms. The zero-order chi connectivity index (χ0) is 22.4. The molecule has 1 aliphatic rings. The Kier molecular flexibility index (Phi) is 8.14. The molecule has 3 atom stereocenters. The number of nitrogens with one attached hydrogen (secondary N) is 2. The Labute approximate surface area is 189 Å². The van der Waals surface area contributed by atoms with Crippen molar-refractivity contribution in [2.24, 2.45) is 5.73 Å². The van der Waals surface area contributed by atoms with Crippen LogP contribution in [0.5, 0.6) is 0 Å². The van der Waals surface area contributed by atoms with E-state index in [1.54, 1.807) is 36.2 Å². The first kappa shape index (κ1) is 23.3. The first-order valence-electron chi connectivity index (χ1n) is 9.78. The number of anilines is 1. The highest BCUT2D eigenvalue weighted by molar-refractivity contribution is 8.00. The second kappa shape index (κ2) is 10.8. The standard InChI is InChI=1S/C22H25N3O4S2/c1-30-18(10-15(23)22(28)29)20(26)14-8-5-9-16(19(14)13-6-3-2-4-7-13)25-21(27)17-11-31-12-24-17/h2-9,15,17-18,24H,10-12,23H2,1H3,(H,25,27)(H,28,29)/t15-,17-,18?/m0/s1. The van der Waals surface area contributed by atoms with E-state index >= 15 is 0 Å². The number of carbonyl (C=O) groups is 3. The summed E-state index contributed by atoms with van der Waals surface area (Å²) in [7, 11) is 0. The second-order valence-electron chi connectivity index (χ2n) is 7.12. The lowest BCUT2D eigenvalue weighted by atomic mass is 9.92. The second-order valence-corrected chi connectivity index (χ2v) is 9.19. The van der Waals surface area contributed by atoms with Crippen molar-refractivity contribution in [1.29, 1.82) is 0 Å². The lowest BCUT2D eigenvalue weighted by molar-refractivity contribution is -0.138. The van der Waals surface area contributed by atoms with E-state index in [-0.39, 0.29) is 24.2 Å². The van der Waals surface area contributed by atoms with Gasteiger partial charge in [-0.2, -0.15) is 11.8 Å². The average molecular weight is 460 g/mol. The topological polar surface area (TPSA) is 122 Å². The molecular weight excluding hydrogens is 434 g/mol. The van der Waals surface area contributed by atoms with Crippen LogP contribution < -0.4 is 16.4 Å². The van der Waals surface area contributed by atoms with Crippen molar-refractivity contribution in [3.8, 4) is 11.1 Å². The fraction of sp³-hybridized carbons (Fsp3) is 0.318. The zero-order valence-corrected chi connectivity index (χ0v) is 18.7. The molecule has 1 fully saturated rings. The number of hydrogen-bond donors (Lipinski definition) is 4. The number of hydrogen-bond acceptors (Lipinski definition) is 7. The molecule has 0 radical (unpaired) electrons. The van der Waals surface area contributed by atoms with E-state index < -0.39 is 17.3 Å². The third-order valence-electron chi connectivity index (χ3n) is 5.05. The van der Waals surface area contributed by atoms with Crippen LogP contribution in [0.1, 0.15) is 16.8 Å². The number of ketones is 1. The lowest BCUT2D eigenvalue weighted by Crippen LogP contribution is -2.37. The van der Waals surface area contributed by atoms with E-state index in [9.17, 15) is 14.4 Å². The summed E-state index contributed by atoms with van der Waals surface area (Å²) in [6.07, 6.45) is 1.78. The Bertz CT molecular complexity index is 949. The van der Waals surface area contributed by atoms with E-state index in [4.69, 9.17) is 10.8 Å². The van der Waals surface area contributed by atoms with Gasteiger partial charge in [0, 0.05) is 28.4 Å². The molecule has 164 valence electrons. The van der Waals surface area contributed by atoms with Crippen molar-refractivity contribution < 1.29 is 19.5 Å². The Morgan fingerprint density at radius 1 is 1.23 bits per heavy atom. The third kappa shape index (κ3) is 5.68. The Balaban J connectivity index is 2.00. The first-order chi connectivity index (χ1) is 14.9. The highest BCUT2D eigenvalue weighted by atomic mass is 32.2. The van der Waals surface area contributed by atoms with Gasteiger partial charge in [0.15, 0.2) is 5.78 Å². The quantitative estimate of drug-likeness (QED) is 0.422. The largest absolute Gasteiger partial charge is 0.480 e. The molecule has 1 amide bonds. The van der Waals surface area contributed by atoms with E-state index in [0.717, 1.165) is 11.4 Å². The first-order valence-corrected chi connectivity index (χ1v) is 12.2. The summed E-state index contributed by atoms with van der Waals surface area (Å²) in [6.45, 7) is 0. The molecule has 5 N–H and O–H groups in total. The van der Waals surface area contributed by atoms with Gasteiger partial charge in [-0.05, 0) is 24.3 Å². The molecule has 0 spiro atoms. The molecule has 31 heavy (non-hydrogen) atoms. The van der Waals surface area contributed by atoms with Gasteiger partial charge >= 0.3 is 5.97 Å². The fourth-order valence-corrected chi connectivity index (χ4v) is 5.06. The molecule has 0 saturated carbocycles. The predicted octanol–water partition coefficient (Wildman–Crippen LogP) is 2.67. The molecule has 2 aromatic rings. The van der Waals surface area contributed by atoms with Crippen molar-refractivity contribution in [1.82, 2.24) is 5.32 Å². The van der Waals surface area contributed by atoms with E-state index in [0.29, 0.717) is 22.6 Å². The number of carbonyl (C=O) groups excluding carboxylic acids is 2. The molecule has 1 aliphatic heterocycles. The summed E-state index contributed by atoms with van der Waals surface area (Å²) in [5.41, 5.74) is 8.07. The van der Waals surface area contributed by atoms with Gasteiger partial charge in [0.2, 0.25) is 5.91 Å². The van der Waals surface area contributed by atoms with Crippen LogP contribution in [-0.2, 0) is 9.59 Å². The highest BCUT2D eigenvalue weighted by Gasteiger charge is 2.29. The fourth-order valence-electron chi connectivity index (χ4n) is 3.38. The van der Waals surface area contributed by atoms with Gasteiger partial charge in [0.05, 0.1) is 11.3 Å². The highest BCUT2D eigenvalue weighted by Crippen LogP contribution is 2.34. The number of benzene rings is 2. The zero-order valence-electron chi connectivity index (χ0n) is 17.0. The van der Waals surface area contributed by atoms with Crippen LogP contribution in [0.4, 0.5) is 5.69 Å². The molecule has 7 nitrogen and oxygen atoms in total. The van der Waals surface area contributed by atoms with Crippen molar-refractivity contribution in [2.45, 2.75) is 23.8 Å². The monoisotopic (exact) mass is 459 g/mol. The molecule has 0 aliphatic carbocycles. The minimum atomic E-state index is -1.14. The van der Waals surface area contributed by atoms with Gasteiger partial charge in [-0.1, -0.05) is 42.5 Å². The van der Waals surface area contributed by atoms with Crippen LogP contribution >= 0.6 is 23.5 Å². The van der Waals surface area contributed by atoms with Gasteiger partial charge in [-0.25, -0.2) is 0 Å². The van der Waals surface area contributed by atoms with E-state index in [1.165, 1.54) is 11.8 Å². The molecule has 3 rings (SSSR count). The summed E-state index contributed by atoms with van der Waals surface area (Å²) in [4.78, 5) is 37.4. The van der Waals surface area contributed by atoms with Crippen LogP contribution in [0.15, 0.2) is 48.5 Å². The number of rotatable bonds is 9. The van der Waals surface area contributed by atoms with E-state index in [1.807, 2.05) is 30.3 Å². The number of carboxylic acid groups (broad SMARTS) is 1. The molecule has 1 unspecified atom stereocenters. The third-order valence-corrected chi connectivity index (χ3v) is 6.96. The normalized spacial score (nSPS) is 17.7. The number of amides is 1.